The highest BCUT2D eigenvalue weighted by Crippen LogP contribution is 2.27. The molecule has 1 aromatic heterocycles. The lowest BCUT2D eigenvalue weighted by molar-refractivity contribution is 0.0688. The number of hydrogen-bond acceptors (Lipinski definition) is 3. The number of aryl methyl sites for hydroxylation is 1. The van der Waals surface area contributed by atoms with Gasteiger partial charge in [-0.1, -0.05) is 0 Å². The van der Waals surface area contributed by atoms with Crippen LogP contribution in [0, 0.1) is 0 Å². The van der Waals surface area contributed by atoms with Gasteiger partial charge in [0.05, 0.1) is 12.2 Å². The van der Waals surface area contributed by atoms with E-state index in [4.69, 9.17) is 9.84 Å². The van der Waals surface area contributed by atoms with Gasteiger partial charge in [-0.2, -0.15) is 5.10 Å². The molecule has 0 fully saturated rings. The molecule has 0 unspecified atom stereocenters. The Hall–Kier alpha value is -1.52. The Balaban J connectivity index is 2.58. The van der Waals surface area contributed by atoms with Crippen LogP contribution >= 0.6 is 0 Å². The molecular formula is C7H8N2O3. The van der Waals surface area contributed by atoms with Crippen LogP contribution in [0.4, 0.5) is 0 Å². The second-order valence-electron chi connectivity index (χ2n) is 2.66. The summed E-state index contributed by atoms with van der Waals surface area (Å²) >= 11 is 0. The van der Waals surface area contributed by atoms with Crippen molar-refractivity contribution in [2.24, 2.45) is 7.05 Å². The SMILES string of the molecule is Cn1nc(C(=O)O)c2c1OCC2. The Morgan fingerprint density at radius 1 is 1.75 bits per heavy atom. The largest absolute Gasteiger partial charge is 0.477 e. The number of aromatic nitrogens is 2. The van der Waals surface area contributed by atoms with Crippen molar-refractivity contribution in [1.82, 2.24) is 9.78 Å². The van der Waals surface area contributed by atoms with E-state index in [-0.39, 0.29) is 5.69 Å². The lowest BCUT2D eigenvalue weighted by atomic mass is 10.2. The molecule has 64 valence electrons. The van der Waals surface area contributed by atoms with Crippen molar-refractivity contribution in [3.8, 4) is 5.88 Å². The van der Waals surface area contributed by atoms with Crippen LogP contribution in [-0.2, 0) is 13.5 Å². The first-order chi connectivity index (χ1) is 5.70. The van der Waals surface area contributed by atoms with Crippen molar-refractivity contribution in [3.05, 3.63) is 11.3 Å². The van der Waals surface area contributed by atoms with Gasteiger partial charge in [-0.15, -0.1) is 0 Å². The molecule has 5 nitrogen and oxygen atoms in total. The van der Waals surface area contributed by atoms with Gasteiger partial charge >= 0.3 is 5.97 Å². The zero-order chi connectivity index (χ0) is 8.72. The summed E-state index contributed by atoms with van der Waals surface area (Å²) in [6, 6.07) is 0. The topological polar surface area (TPSA) is 64.4 Å². The van der Waals surface area contributed by atoms with Crippen LogP contribution in [0.5, 0.6) is 5.88 Å². The average Bonchev–Trinajstić information content (AvgIpc) is 2.53. The number of ether oxygens (including phenoxy) is 1. The maximum Gasteiger partial charge on any atom is 0.356 e. The summed E-state index contributed by atoms with van der Waals surface area (Å²) in [5.41, 5.74) is 0.829. The first-order valence-electron chi connectivity index (χ1n) is 3.62. The van der Waals surface area contributed by atoms with Gasteiger partial charge in [-0.25, -0.2) is 9.48 Å². The van der Waals surface area contributed by atoms with E-state index in [1.165, 1.54) is 4.68 Å². The summed E-state index contributed by atoms with van der Waals surface area (Å²) in [5.74, 6) is -0.398. The van der Waals surface area contributed by atoms with E-state index in [0.29, 0.717) is 24.5 Å². The minimum absolute atomic E-state index is 0.116. The molecule has 0 aromatic carbocycles. The van der Waals surface area contributed by atoms with Crippen molar-refractivity contribution in [3.63, 3.8) is 0 Å². The van der Waals surface area contributed by atoms with Gasteiger partial charge in [0.15, 0.2) is 5.69 Å². The predicted octanol–water partition coefficient (Wildman–Crippen LogP) is 0.0532. The quantitative estimate of drug-likeness (QED) is 0.643. The monoisotopic (exact) mass is 168 g/mol. The van der Waals surface area contributed by atoms with Crippen molar-refractivity contribution >= 4 is 5.97 Å². The number of carboxylic acids is 1. The Morgan fingerprint density at radius 3 is 3.17 bits per heavy atom. The smallest absolute Gasteiger partial charge is 0.356 e. The molecule has 0 radical (unpaired) electrons. The highest BCUT2D eigenvalue weighted by molar-refractivity contribution is 5.88. The van der Waals surface area contributed by atoms with Gasteiger partial charge in [-0.05, 0) is 0 Å². The van der Waals surface area contributed by atoms with Gasteiger partial charge in [0.25, 0.3) is 0 Å². The number of nitrogens with zero attached hydrogens (tertiary/aromatic N) is 2. The fraction of sp³-hybridized carbons (Fsp3) is 0.429. The first kappa shape index (κ1) is 7.15. The molecule has 0 spiro atoms. The molecule has 0 saturated heterocycles. The average molecular weight is 168 g/mol. The normalized spacial score (nSPS) is 14.1. The van der Waals surface area contributed by atoms with Gasteiger partial charge in [0.2, 0.25) is 5.88 Å². The standard InChI is InChI=1S/C7H8N2O3/c1-9-6-4(2-3-12-6)5(8-9)7(10)11/h2-3H2,1H3,(H,10,11). The minimum atomic E-state index is -0.989. The van der Waals surface area contributed by atoms with Gasteiger partial charge < -0.3 is 9.84 Å². The van der Waals surface area contributed by atoms with Crippen LogP contribution in [0.25, 0.3) is 0 Å². The highest BCUT2D eigenvalue weighted by atomic mass is 16.5. The zero-order valence-corrected chi connectivity index (χ0v) is 6.57. The van der Waals surface area contributed by atoms with Gasteiger partial charge in [0, 0.05) is 13.5 Å². The highest BCUT2D eigenvalue weighted by Gasteiger charge is 2.26. The van der Waals surface area contributed by atoms with Gasteiger partial charge in [-0.3, -0.25) is 0 Å². The molecule has 0 saturated carbocycles. The summed E-state index contributed by atoms with van der Waals surface area (Å²) < 4.78 is 6.66. The summed E-state index contributed by atoms with van der Waals surface area (Å²) in [4.78, 5) is 10.6. The van der Waals surface area contributed by atoms with Crippen LogP contribution in [0.3, 0.4) is 0 Å². The van der Waals surface area contributed by atoms with Crippen LogP contribution in [0.15, 0.2) is 0 Å². The number of carboxylic acid groups (broad SMARTS) is 1. The second kappa shape index (κ2) is 2.23. The van der Waals surface area contributed by atoms with E-state index in [2.05, 4.69) is 5.10 Å². The van der Waals surface area contributed by atoms with Crippen molar-refractivity contribution in [2.75, 3.05) is 6.61 Å². The fourth-order valence-corrected chi connectivity index (χ4v) is 1.38. The zero-order valence-electron chi connectivity index (χ0n) is 6.57. The molecule has 0 bridgehead atoms. The molecule has 1 aliphatic heterocycles. The fourth-order valence-electron chi connectivity index (χ4n) is 1.38. The summed E-state index contributed by atoms with van der Waals surface area (Å²) in [6.45, 7) is 0.557. The van der Waals surface area contributed by atoms with E-state index < -0.39 is 5.97 Å². The van der Waals surface area contributed by atoms with Crippen LogP contribution in [-0.4, -0.2) is 27.5 Å². The van der Waals surface area contributed by atoms with Crippen molar-refractivity contribution in [2.45, 2.75) is 6.42 Å². The van der Waals surface area contributed by atoms with E-state index in [1.807, 2.05) is 0 Å². The molecule has 0 aliphatic carbocycles. The first-order valence-corrected chi connectivity index (χ1v) is 3.62. The summed E-state index contributed by atoms with van der Waals surface area (Å²) in [7, 11) is 1.68. The Bertz CT molecular complexity index is 343. The Morgan fingerprint density at radius 2 is 2.50 bits per heavy atom. The van der Waals surface area contributed by atoms with Crippen LogP contribution in [0.2, 0.25) is 0 Å². The number of fused-ring (bicyclic) bond motifs is 1. The molecule has 2 heterocycles. The second-order valence-corrected chi connectivity index (χ2v) is 2.66. The third-order valence-electron chi connectivity index (χ3n) is 1.88. The molecule has 2 rings (SSSR count). The summed E-state index contributed by atoms with van der Waals surface area (Å²) in [6.07, 6.45) is 0.644. The maximum absolute atomic E-state index is 10.6. The summed E-state index contributed by atoms with van der Waals surface area (Å²) in [5, 5.41) is 12.6. The van der Waals surface area contributed by atoms with E-state index in [0.717, 1.165) is 0 Å². The third-order valence-corrected chi connectivity index (χ3v) is 1.88. The van der Waals surface area contributed by atoms with Crippen molar-refractivity contribution < 1.29 is 14.6 Å². The predicted molar refractivity (Wildman–Crippen MR) is 39.4 cm³/mol. The molecule has 1 N–H and O–H groups in total. The Kier molecular flexibility index (Phi) is 1.33. The lowest BCUT2D eigenvalue weighted by Gasteiger charge is -1.95. The molecule has 5 heteroatoms. The molecule has 0 atom stereocenters. The number of carbonyl (C=O) groups is 1. The van der Waals surface area contributed by atoms with E-state index in [1.54, 1.807) is 7.05 Å². The molecular weight excluding hydrogens is 160 g/mol. The lowest BCUT2D eigenvalue weighted by Crippen LogP contribution is -2.04. The number of rotatable bonds is 1. The van der Waals surface area contributed by atoms with Crippen LogP contribution < -0.4 is 4.74 Å². The number of aromatic carboxylic acids is 1. The molecule has 12 heavy (non-hydrogen) atoms. The molecule has 1 aromatic rings. The third kappa shape index (κ3) is 0.792. The van der Waals surface area contributed by atoms with Crippen molar-refractivity contribution in [1.29, 1.82) is 0 Å². The van der Waals surface area contributed by atoms with E-state index >= 15 is 0 Å². The Labute approximate surface area is 68.6 Å². The van der Waals surface area contributed by atoms with Gasteiger partial charge in [0.1, 0.15) is 0 Å². The maximum atomic E-state index is 10.6. The number of hydrogen-bond donors (Lipinski definition) is 1. The van der Waals surface area contributed by atoms with E-state index in [9.17, 15) is 4.79 Å². The molecule has 1 aliphatic rings. The molecule has 0 amide bonds. The van der Waals surface area contributed by atoms with Crippen LogP contribution in [0.1, 0.15) is 16.1 Å². The minimum Gasteiger partial charge on any atom is -0.477 e.